The highest BCUT2D eigenvalue weighted by Gasteiger charge is 2.16. The van der Waals surface area contributed by atoms with Gasteiger partial charge in [-0.15, -0.1) is 12.4 Å². The minimum atomic E-state index is 0. The second kappa shape index (κ2) is 8.35. The van der Waals surface area contributed by atoms with Crippen LogP contribution in [-0.2, 0) is 17.9 Å². The predicted octanol–water partition coefficient (Wildman–Crippen LogP) is 1.04. The third-order valence-electron chi connectivity index (χ3n) is 2.96. The number of aromatic nitrogens is 2. The summed E-state index contributed by atoms with van der Waals surface area (Å²) in [6.45, 7) is 0.825. The summed E-state index contributed by atoms with van der Waals surface area (Å²) in [5, 5.41) is 3.87. The first-order valence-corrected chi connectivity index (χ1v) is 6.62. The van der Waals surface area contributed by atoms with Crippen LogP contribution in [0.4, 0.5) is 5.69 Å². The summed E-state index contributed by atoms with van der Waals surface area (Å²) in [5.41, 5.74) is 6.38. The molecule has 0 saturated heterocycles. The van der Waals surface area contributed by atoms with Gasteiger partial charge in [-0.25, -0.2) is 0 Å². The average Bonchev–Trinajstić information content (AvgIpc) is 2.95. The molecule has 2 aromatic rings. The fourth-order valence-electron chi connectivity index (χ4n) is 1.79. The van der Waals surface area contributed by atoms with E-state index in [4.69, 9.17) is 10.3 Å². The van der Waals surface area contributed by atoms with Crippen LogP contribution in [0.25, 0.3) is 0 Å². The Balaban J connectivity index is 0.00000242. The number of anilines is 1. The summed E-state index contributed by atoms with van der Waals surface area (Å²) in [6, 6.07) is 9.64. The van der Waals surface area contributed by atoms with Gasteiger partial charge in [0.1, 0.15) is 0 Å². The third-order valence-corrected chi connectivity index (χ3v) is 2.96. The van der Waals surface area contributed by atoms with Crippen molar-refractivity contribution in [2.45, 2.75) is 13.1 Å². The number of nitrogens with zero attached hydrogens (tertiary/aromatic N) is 4. The van der Waals surface area contributed by atoms with E-state index in [-0.39, 0.29) is 31.4 Å². The molecule has 2 rings (SSSR count). The molecule has 2 N–H and O–H groups in total. The van der Waals surface area contributed by atoms with Crippen molar-refractivity contribution in [3.8, 4) is 0 Å². The van der Waals surface area contributed by atoms with Gasteiger partial charge in [0.15, 0.2) is 5.82 Å². The summed E-state index contributed by atoms with van der Waals surface area (Å²) in [4.78, 5) is 19.6. The first kappa shape index (κ1) is 17.9. The van der Waals surface area contributed by atoms with E-state index in [0.717, 1.165) is 5.69 Å². The third kappa shape index (κ3) is 4.71. The number of para-hydroxylation sites is 1. The molecule has 7 nitrogen and oxygen atoms in total. The van der Waals surface area contributed by atoms with Crippen LogP contribution < -0.4 is 10.6 Å². The maximum Gasteiger partial charge on any atom is 0.241 e. The maximum atomic E-state index is 12.0. The summed E-state index contributed by atoms with van der Waals surface area (Å²) >= 11 is 0. The first-order valence-electron chi connectivity index (χ1n) is 6.62. The Morgan fingerprint density at radius 1 is 1.27 bits per heavy atom. The Morgan fingerprint density at radius 2 is 1.95 bits per heavy atom. The molecule has 0 fully saturated rings. The number of rotatable bonds is 6. The van der Waals surface area contributed by atoms with E-state index in [1.54, 1.807) is 19.0 Å². The molecule has 0 unspecified atom stereocenters. The molecule has 0 spiro atoms. The number of hydrogen-bond donors (Lipinski definition) is 1. The number of halogens is 1. The Labute approximate surface area is 135 Å². The van der Waals surface area contributed by atoms with E-state index >= 15 is 0 Å². The van der Waals surface area contributed by atoms with Gasteiger partial charge in [-0.05, 0) is 12.1 Å². The van der Waals surface area contributed by atoms with Crippen LogP contribution in [0.15, 0.2) is 34.9 Å². The van der Waals surface area contributed by atoms with Crippen molar-refractivity contribution in [3.63, 3.8) is 0 Å². The normalized spacial score (nSPS) is 9.95. The molecule has 0 radical (unpaired) electrons. The second-order valence-electron chi connectivity index (χ2n) is 4.79. The van der Waals surface area contributed by atoms with Gasteiger partial charge in [-0.1, -0.05) is 23.4 Å². The Bertz CT molecular complexity index is 588. The molecular formula is C14H20ClN5O2. The van der Waals surface area contributed by atoms with Gasteiger partial charge >= 0.3 is 0 Å². The van der Waals surface area contributed by atoms with Crippen LogP contribution in [-0.4, -0.2) is 41.6 Å². The molecule has 8 heteroatoms. The molecule has 1 heterocycles. The van der Waals surface area contributed by atoms with Crippen molar-refractivity contribution >= 4 is 24.0 Å². The fourth-order valence-corrected chi connectivity index (χ4v) is 1.79. The van der Waals surface area contributed by atoms with E-state index in [1.807, 2.05) is 35.2 Å². The van der Waals surface area contributed by atoms with E-state index in [0.29, 0.717) is 18.3 Å². The summed E-state index contributed by atoms with van der Waals surface area (Å²) in [6.07, 6.45) is 0. The van der Waals surface area contributed by atoms with Crippen LogP contribution in [0.1, 0.15) is 11.7 Å². The topological polar surface area (TPSA) is 88.5 Å². The van der Waals surface area contributed by atoms with Gasteiger partial charge in [0.05, 0.1) is 19.6 Å². The lowest BCUT2D eigenvalue weighted by atomic mass is 10.2. The molecular weight excluding hydrogens is 306 g/mol. The molecule has 1 amide bonds. The van der Waals surface area contributed by atoms with Crippen molar-refractivity contribution in [1.82, 2.24) is 15.0 Å². The highest BCUT2D eigenvalue weighted by molar-refractivity contribution is 5.85. The lowest BCUT2D eigenvalue weighted by molar-refractivity contribution is -0.127. The second-order valence-corrected chi connectivity index (χ2v) is 4.79. The minimum Gasteiger partial charge on any atom is -0.355 e. The highest BCUT2D eigenvalue weighted by Crippen LogP contribution is 2.15. The smallest absolute Gasteiger partial charge is 0.241 e. The molecule has 0 saturated carbocycles. The Kier molecular flexibility index (Phi) is 6.81. The molecule has 0 aliphatic heterocycles. The van der Waals surface area contributed by atoms with Crippen molar-refractivity contribution in [2.24, 2.45) is 5.73 Å². The van der Waals surface area contributed by atoms with Crippen LogP contribution in [0.5, 0.6) is 0 Å². The van der Waals surface area contributed by atoms with Gasteiger partial charge in [0, 0.05) is 19.8 Å². The van der Waals surface area contributed by atoms with E-state index in [1.165, 1.54) is 0 Å². The van der Waals surface area contributed by atoms with Crippen molar-refractivity contribution < 1.29 is 9.32 Å². The molecule has 0 atom stereocenters. The average molecular weight is 326 g/mol. The zero-order valence-electron chi connectivity index (χ0n) is 12.6. The maximum absolute atomic E-state index is 12.0. The number of carbonyl (C=O) groups is 1. The number of nitrogens with two attached hydrogens (primary N) is 1. The number of likely N-dealkylation sites (N-methyl/N-ethyl adjacent to an activating group) is 1. The molecule has 1 aromatic carbocycles. The monoisotopic (exact) mass is 325 g/mol. The Hall–Kier alpha value is -2.12. The standard InChI is InChI=1S/C14H19N5O2.ClH/c1-18(2)14(20)10-19(11-6-4-3-5-7-11)9-12-16-13(8-15)21-17-12;/h3-7H,8-10,15H2,1-2H3;1H. The van der Waals surface area contributed by atoms with Gasteiger partial charge in [-0.3, -0.25) is 4.79 Å². The van der Waals surface area contributed by atoms with E-state index in [2.05, 4.69) is 10.1 Å². The zero-order valence-corrected chi connectivity index (χ0v) is 13.4. The molecule has 120 valence electrons. The number of benzene rings is 1. The lowest BCUT2D eigenvalue weighted by Crippen LogP contribution is -2.36. The highest BCUT2D eigenvalue weighted by atomic mass is 35.5. The van der Waals surface area contributed by atoms with Gasteiger partial charge in [0.2, 0.25) is 11.8 Å². The number of carbonyl (C=O) groups excluding carboxylic acids is 1. The van der Waals surface area contributed by atoms with Crippen LogP contribution in [0, 0.1) is 0 Å². The predicted molar refractivity (Wildman–Crippen MR) is 85.6 cm³/mol. The van der Waals surface area contributed by atoms with E-state index < -0.39 is 0 Å². The first-order chi connectivity index (χ1) is 10.1. The largest absolute Gasteiger partial charge is 0.355 e. The fraction of sp³-hybridized carbons (Fsp3) is 0.357. The van der Waals surface area contributed by atoms with E-state index in [9.17, 15) is 4.79 Å². The van der Waals surface area contributed by atoms with Crippen LogP contribution in [0.3, 0.4) is 0 Å². The quantitative estimate of drug-likeness (QED) is 0.854. The van der Waals surface area contributed by atoms with Crippen LogP contribution >= 0.6 is 12.4 Å². The van der Waals surface area contributed by atoms with Crippen molar-refractivity contribution in [2.75, 3.05) is 25.5 Å². The minimum absolute atomic E-state index is 0. The van der Waals surface area contributed by atoms with Gasteiger partial charge in [-0.2, -0.15) is 4.98 Å². The number of hydrogen-bond acceptors (Lipinski definition) is 6. The van der Waals surface area contributed by atoms with Crippen molar-refractivity contribution in [3.05, 3.63) is 42.0 Å². The molecule has 0 bridgehead atoms. The summed E-state index contributed by atoms with van der Waals surface area (Å²) in [7, 11) is 3.46. The van der Waals surface area contributed by atoms with Crippen LogP contribution in [0.2, 0.25) is 0 Å². The number of amides is 1. The SMILES string of the molecule is CN(C)C(=O)CN(Cc1noc(CN)n1)c1ccccc1.Cl. The molecule has 1 aromatic heterocycles. The molecule has 22 heavy (non-hydrogen) atoms. The molecule has 0 aliphatic carbocycles. The van der Waals surface area contributed by atoms with Gasteiger partial charge in [0.25, 0.3) is 0 Å². The summed E-state index contributed by atoms with van der Waals surface area (Å²) < 4.78 is 4.99. The summed E-state index contributed by atoms with van der Waals surface area (Å²) in [5.74, 6) is 0.893. The van der Waals surface area contributed by atoms with Gasteiger partial charge < -0.3 is 20.1 Å². The zero-order chi connectivity index (χ0) is 15.2. The Morgan fingerprint density at radius 3 is 2.50 bits per heavy atom. The molecule has 0 aliphatic rings. The van der Waals surface area contributed by atoms with Crippen molar-refractivity contribution in [1.29, 1.82) is 0 Å². The lowest BCUT2D eigenvalue weighted by Gasteiger charge is -2.24.